The zero-order valence-electron chi connectivity index (χ0n) is 77.2. The number of furan rings is 4. The first-order valence-corrected chi connectivity index (χ1v) is 50.2. The largest absolute Gasteiger partial charge is 0.456 e. The van der Waals surface area contributed by atoms with Crippen molar-refractivity contribution in [3.8, 4) is 117 Å². The van der Waals surface area contributed by atoms with Crippen LogP contribution in [0.3, 0.4) is 0 Å². The molecular weight excluding hydrogens is 1770 g/mol. The van der Waals surface area contributed by atoms with Crippen molar-refractivity contribution in [3.63, 3.8) is 0 Å². The van der Waals surface area contributed by atoms with Crippen LogP contribution in [0.25, 0.3) is 334 Å². The number of aromatic nitrogens is 3. The smallest absolute Gasteiger partial charge is 0.136 e. The van der Waals surface area contributed by atoms with Gasteiger partial charge in [-0.25, -0.2) is 0 Å². The van der Waals surface area contributed by atoms with Crippen molar-refractivity contribution in [2.24, 2.45) is 0 Å². The highest BCUT2D eigenvalue weighted by Crippen LogP contribution is 2.57. The number of fused-ring (bicyclic) bond motifs is 37. The third kappa shape index (κ3) is 10.8. The van der Waals surface area contributed by atoms with Crippen LogP contribution in [-0.2, 0) is 0 Å². The minimum Gasteiger partial charge on any atom is -0.456 e. The van der Waals surface area contributed by atoms with Crippen LogP contribution in [0.2, 0.25) is 0 Å². The summed E-state index contributed by atoms with van der Waals surface area (Å²) in [6.07, 6.45) is 0. The number of benzene rings is 24. The Hall–Kier alpha value is -18.9. The van der Waals surface area contributed by atoms with Crippen molar-refractivity contribution < 1.29 is 17.7 Å². The predicted octanol–water partition coefficient (Wildman–Crippen LogP) is 38.9. The molecule has 0 saturated carbocycles. The van der Waals surface area contributed by atoms with Gasteiger partial charge in [0.05, 0.1) is 38.8 Å². The number of thiophene rings is 1. The van der Waals surface area contributed by atoms with Crippen molar-refractivity contribution in [2.45, 2.75) is 0 Å². The molecule has 0 amide bonds. The SMILES string of the molecule is c1ccc2c(c1)-c1cccc3c(-c4ccc(-n5c6ccccc6c6c7c(ccc65)oc5ccccc57)c5ccccc45)ccc-2c13.c1ccc2c(c1)-c1cccc3c(-c4ccc5oc6ccc(-n7c8ccccc8c8c9c(ccc87)oc7ccccc79)cc6c5c4)ccc-2c13.c1ccc2c(c1)-c1cccc3c(-c4ccc5sc6ccc(-n7c8ccccc8c8c9c(ccc87)oc7ccccc79)cc6c5c4)ccc-2c13. The molecule has 3 aliphatic carbocycles. The van der Waals surface area contributed by atoms with Gasteiger partial charge >= 0.3 is 0 Å². The van der Waals surface area contributed by atoms with Crippen LogP contribution in [0.1, 0.15) is 0 Å². The molecule has 8 heterocycles. The molecule has 0 fully saturated rings. The highest BCUT2D eigenvalue weighted by Gasteiger charge is 2.31. The molecule has 24 aromatic carbocycles. The van der Waals surface area contributed by atoms with Gasteiger partial charge in [0.1, 0.15) is 44.7 Å². The molecule has 0 bridgehead atoms. The van der Waals surface area contributed by atoms with E-state index >= 15 is 0 Å². The summed E-state index contributed by atoms with van der Waals surface area (Å²) in [7, 11) is 0. The van der Waals surface area contributed by atoms with Gasteiger partial charge in [0.2, 0.25) is 0 Å². The van der Waals surface area contributed by atoms with E-state index in [0.717, 1.165) is 93.7 Å². The average Bonchev–Trinajstić information content (AvgIpc) is 1.55. The fourth-order valence-corrected chi connectivity index (χ4v) is 26.7. The van der Waals surface area contributed by atoms with Crippen molar-refractivity contribution in [3.05, 3.63) is 455 Å². The van der Waals surface area contributed by atoms with Crippen molar-refractivity contribution in [2.75, 3.05) is 0 Å². The molecule has 32 aromatic rings. The van der Waals surface area contributed by atoms with E-state index in [1.807, 2.05) is 29.5 Å². The molecule has 0 unspecified atom stereocenters. The maximum Gasteiger partial charge on any atom is 0.136 e. The summed E-state index contributed by atoms with van der Waals surface area (Å²) in [5.74, 6) is 0. The first-order valence-electron chi connectivity index (χ1n) is 49.4. The Kier molecular flexibility index (Phi) is 15.9. The van der Waals surface area contributed by atoms with E-state index in [1.54, 1.807) is 0 Å². The number of hydrogen-bond acceptors (Lipinski definition) is 5. The van der Waals surface area contributed by atoms with Crippen LogP contribution in [-0.4, -0.2) is 13.7 Å². The number of rotatable bonds is 6. The second kappa shape index (κ2) is 29.4. The van der Waals surface area contributed by atoms with Crippen LogP contribution < -0.4 is 0 Å². The third-order valence-electron chi connectivity index (χ3n) is 31.7. The summed E-state index contributed by atoms with van der Waals surface area (Å²) < 4.78 is 35.3. The average molecular weight is 1850 g/mol. The fourth-order valence-electron chi connectivity index (χ4n) is 25.7. The summed E-state index contributed by atoms with van der Waals surface area (Å²) >= 11 is 1.87. The van der Waals surface area contributed by atoms with E-state index in [-0.39, 0.29) is 0 Å². The second-order valence-electron chi connectivity index (χ2n) is 38.8. The molecule has 664 valence electrons. The van der Waals surface area contributed by atoms with Gasteiger partial charge in [0.25, 0.3) is 0 Å². The molecule has 35 rings (SSSR count). The lowest BCUT2D eigenvalue weighted by Gasteiger charge is -2.16. The fraction of sp³-hybridized carbons (Fsp3) is 0. The Balaban J connectivity index is 0.0000000950. The molecule has 144 heavy (non-hydrogen) atoms. The Morgan fingerprint density at radius 3 is 0.896 bits per heavy atom. The molecule has 0 spiro atoms. The Morgan fingerprint density at radius 1 is 0.139 bits per heavy atom. The van der Waals surface area contributed by atoms with Gasteiger partial charge in [-0.2, -0.15) is 0 Å². The van der Waals surface area contributed by atoms with Gasteiger partial charge in [-0.3, -0.25) is 0 Å². The lowest BCUT2D eigenvalue weighted by Crippen LogP contribution is -1.96. The van der Waals surface area contributed by atoms with E-state index in [9.17, 15) is 0 Å². The molecule has 0 saturated heterocycles. The molecule has 8 aromatic heterocycles. The summed E-state index contributed by atoms with van der Waals surface area (Å²) in [6, 6.07) is 166. The van der Waals surface area contributed by atoms with Gasteiger partial charge in [-0.05, 0) is 277 Å². The first kappa shape index (κ1) is 78.1. The zero-order valence-corrected chi connectivity index (χ0v) is 78.0. The maximum absolute atomic E-state index is 6.44. The predicted molar refractivity (Wildman–Crippen MR) is 604 cm³/mol. The van der Waals surface area contributed by atoms with E-state index in [0.29, 0.717) is 0 Å². The lowest BCUT2D eigenvalue weighted by atomic mass is 9.91. The molecule has 0 aliphatic heterocycles. The Labute approximate surface area is 825 Å². The molecule has 0 atom stereocenters. The molecule has 7 nitrogen and oxygen atoms in total. The highest BCUT2D eigenvalue weighted by molar-refractivity contribution is 7.25. The zero-order chi connectivity index (χ0) is 93.5. The van der Waals surface area contributed by atoms with Crippen LogP contribution in [0.5, 0.6) is 0 Å². The monoisotopic (exact) mass is 1850 g/mol. The van der Waals surface area contributed by atoms with E-state index in [2.05, 4.69) is 450 Å². The lowest BCUT2D eigenvalue weighted by molar-refractivity contribution is 0.668. The van der Waals surface area contributed by atoms with Crippen molar-refractivity contribution in [1.82, 2.24) is 13.7 Å². The van der Waals surface area contributed by atoms with Gasteiger partial charge in [-0.1, -0.05) is 315 Å². The Morgan fingerprint density at radius 2 is 0.424 bits per heavy atom. The number of para-hydroxylation sites is 6. The summed E-state index contributed by atoms with van der Waals surface area (Å²) in [5, 5.41) is 29.6. The van der Waals surface area contributed by atoms with E-state index in [1.165, 1.54) is 240 Å². The van der Waals surface area contributed by atoms with Gasteiger partial charge in [0.15, 0.2) is 0 Å². The molecule has 0 N–H and O–H groups in total. The van der Waals surface area contributed by atoms with E-state index < -0.39 is 0 Å². The van der Waals surface area contributed by atoms with E-state index in [4.69, 9.17) is 17.7 Å². The van der Waals surface area contributed by atoms with Gasteiger partial charge in [0, 0.05) is 112 Å². The van der Waals surface area contributed by atoms with Crippen LogP contribution in [0.15, 0.2) is 473 Å². The third-order valence-corrected chi connectivity index (χ3v) is 32.8. The van der Waals surface area contributed by atoms with Crippen LogP contribution in [0.4, 0.5) is 0 Å². The molecule has 0 radical (unpaired) electrons. The topological polar surface area (TPSA) is 67.3 Å². The quantitative estimate of drug-likeness (QED) is 0.166. The normalized spacial score (nSPS) is 12.4. The van der Waals surface area contributed by atoms with Crippen LogP contribution in [0, 0.1) is 0 Å². The summed E-state index contributed by atoms with van der Waals surface area (Å²) in [5.41, 5.74) is 41.2. The van der Waals surface area contributed by atoms with Crippen molar-refractivity contribution >= 4 is 228 Å². The first-order chi connectivity index (χ1) is 71.4. The summed E-state index contributed by atoms with van der Waals surface area (Å²) in [4.78, 5) is 0. The second-order valence-corrected chi connectivity index (χ2v) is 39.9. The highest BCUT2D eigenvalue weighted by atomic mass is 32.1. The van der Waals surface area contributed by atoms with Gasteiger partial charge < -0.3 is 31.4 Å². The van der Waals surface area contributed by atoms with Crippen LogP contribution >= 0.6 is 11.3 Å². The Bertz CT molecular complexity index is 10900. The standard InChI is InChI=1S/C46H25NO2.C46H25NOS.C44H25NO/c1-2-9-30-29(8-1)32-13-7-12-31-28(18-19-33(30)44(31)32)26-16-21-41-36(24-26)37-25-27(17-22-42(37)48-41)47-38-14-5-3-10-34(38)45-39(47)20-23-43-46(45)35-11-4-6-15-40(35)49-43;1-2-9-30-29(8-1)32-13-7-12-31-28(18-19-33(30)44(31)32)26-16-22-42-36(24-26)37-25-27(17-23-43(37)49-42)47-38-14-5-3-10-34(38)45-39(47)20-21-41-46(45)35-11-4-6-15-40(35)48-41;1-2-12-28-27(11-1)32-16-9-17-33-30(20-21-34(28)42(32)33)29-22-23-38(31-13-4-3-10-26(29)31)45-37-18-7-5-14-35(37)43-39(45)24-25-41-44(43)36-15-6-8-19-40(36)46-41/h2*1-25H;1-25H. The molecule has 3 aliphatic rings. The van der Waals surface area contributed by atoms with Gasteiger partial charge in [-0.15, -0.1) is 11.3 Å². The number of nitrogens with zero attached hydrogens (tertiary/aromatic N) is 3. The minimum atomic E-state index is 0.885. The molecular formula is C136H75N3O4S. The van der Waals surface area contributed by atoms with Crippen molar-refractivity contribution in [1.29, 1.82) is 0 Å². The summed E-state index contributed by atoms with van der Waals surface area (Å²) in [6.45, 7) is 0. The number of hydrogen-bond donors (Lipinski definition) is 0. The maximum atomic E-state index is 6.44. The minimum absolute atomic E-state index is 0.885. The molecule has 8 heteroatoms.